The lowest BCUT2D eigenvalue weighted by Crippen LogP contribution is -2.30. The number of carbonyl (C=O) groups excluding carboxylic acids is 1. The van der Waals surface area contributed by atoms with Crippen molar-refractivity contribution in [1.82, 2.24) is 10.3 Å². The first kappa shape index (κ1) is 15.6. The fourth-order valence-electron chi connectivity index (χ4n) is 1.16. The summed E-state index contributed by atoms with van der Waals surface area (Å²) in [4.78, 5) is 25.4. The van der Waals surface area contributed by atoms with E-state index < -0.39 is 25.0 Å². The van der Waals surface area contributed by atoms with Crippen LogP contribution in [0.2, 0.25) is 0 Å². The number of ether oxygens (including phenoxy) is 1. The minimum absolute atomic E-state index is 0.0389. The summed E-state index contributed by atoms with van der Waals surface area (Å²) in [5.41, 5.74) is 0. The van der Waals surface area contributed by atoms with E-state index in [-0.39, 0.29) is 24.7 Å². The van der Waals surface area contributed by atoms with Gasteiger partial charge in [-0.1, -0.05) is 6.07 Å². The van der Waals surface area contributed by atoms with E-state index in [1.807, 2.05) is 0 Å². The minimum Gasteiger partial charge on any atom is -0.481 e. The van der Waals surface area contributed by atoms with Gasteiger partial charge in [0.2, 0.25) is 5.88 Å². The lowest BCUT2D eigenvalue weighted by atomic mass is 10.4. The van der Waals surface area contributed by atoms with Crippen molar-refractivity contribution in [2.24, 2.45) is 0 Å². The van der Waals surface area contributed by atoms with Crippen LogP contribution < -0.4 is 15.4 Å². The zero-order chi connectivity index (χ0) is 15.0. The Labute approximate surface area is 113 Å². The molecule has 0 spiro atoms. The number of halogens is 2. The quantitative estimate of drug-likeness (QED) is 0.703. The number of nitrogens with one attached hydrogen (secondary N) is 2. The van der Waals surface area contributed by atoms with Crippen LogP contribution >= 0.6 is 0 Å². The molecule has 1 aromatic rings. The van der Waals surface area contributed by atoms with Crippen molar-refractivity contribution in [2.45, 2.75) is 12.8 Å². The Morgan fingerprint density at radius 1 is 1.40 bits per heavy atom. The molecule has 0 bridgehead atoms. The van der Waals surface area contributed by atoms with Crippen molar-refractivity contribution >= 4 is 17.8 Å². The Morgan fingerprint density at radius 2 is 2.15 bits per heavy atom. The summed E-state index contributed by atoms with van der Waals surface area (Å²) in [6, 6.07) is 3.63. The van der Waals surface area contributed by atoms with E-state index in [0.29, 0.717) is 0 Å². The molecule has 0 aromatic carbocycles. The third-order valence-corrected chi connectivity index (χ3v) is 1.95. The van der Waals surface area contributed by atoms with Gasteiger partial charge in [-0.2, -0.15) is 4.98 Å². The van der Waals surface area contributed by atoms with Gasteiger partial charge >= 0.3 is 12.0 Å². The molecule has 1 heterocycles. The standard InChI is InChI=1S/C11H13F2N3O4/c12-7(13)6-20-9-3-1-2-8(15-9)16-11(19)14-5-4-10(17)18/h1-3,7H,4-6H2,(H,17,18)(H2,14,15,16,19). The van der Waals surface area contributed by atoms with Gasteiger partial charge in [-0.15, -0.1) is 0 Å². The first-order valence-electron chi connectivity index (χ1n) is 5.62. The fraction of sp³-hybridized carbons (Fsp3) is 0.364. The summed E-state index contributed by atoms with van der Waals surface area (Å²) < 4.78 is 28.6. The van der Waals surface area contributed by atoms with E-state index in [1.54, 1.807) is 0 Å². The number of amides is 2. The Morgan fingerprint density at radius 3 is 2.80 bits per heavy atom. The van der Waals surface area contributed by atoms with Gasteiger partial charge < -0.3 is 15.2 Å². The molecular formula is C11H13F2N3O4. The molecule has 1 aromatic heterocycles. The van der Waals surface area contributed by atoms with Crippen molar-refractivity contribution in [2.75, 3.05) is 18.5 Å². The zero-order valence-corrected chi connectivity index (χ0v) is 10.3. The minimum atomic E-state index is -2.62. The number of carboxylic acids is 1. The Kier molecular flexibility index (Phi) is 6.14. The van der Waals surface area contributed by atoms with E-state index in [1.165, 1.54) is 18.2 Å². The van der Waals surface area contributed by atoms with Crippen LogP contribution in [0.1, 0.15) is 6.42 Å². The number of hydrogen-bond acceptors (Lipinski definition) is 4. The van der Waals surface area contributed by atoms with Gasteiger partial charge in [0, 0.05) is 12.6 Å². The zero-order valence-electron chi connectivity index (χ0n) is 10.3. The SMILES string of the molecule is O=C(O)CCNC(=O)Nc1cccc(OCC(F)F)n1. The van der Waals surface area contributed by atoms with Crippen molar-refractivity contribution in [3.05, 3.63) is 18.2 Å². The number of rotatable bonds is 7. The number of alkyl halides is 2. The molecule has 0 aliphatic heterocycles. The van der Waals surface area contributed by atoms with Crippen LogP contribution in [0, 0.1) is 0 Å². The van der Waals surface area contributed by atoms with Gasteiger partial charge in [-0.05, 0) is 6.07 Å². The smallest absolute Gasteiger partial charge is 0.320 e. The van der Waals surface area contributed by atoms with Crippen LogP contribution in [0.5, 0.6) is 5.88 Å². The van der Waals surface area contributed by atoms with Crippen LogP contribution in [0.3, 0.4) is 0 Å². The highest BCUT2D eigenvalue weighted by atomic mass is 19.3. The van der Waals surface area contributed by atoms with Gasteiger partial charge in [0.05, 0.1) is 6.42 Å². The maximum Gasteiger partial charge on any atom is 0.320 e. The first-order valence-corrected chi connectivity index (χ1v) is 5.62. The third kappa shape index (κ3) is 6.47. The fourth-order valence-corrected chi connectivity index (χ4v) is 1.16. The van der Waals surface area contributed by atoms with Crippen LogP contribution in [0.15, 0.2) is 18.2 Å². The van der Waals surface area contributed by atoms with Gasteiger partial charge in [-0.3, -0.25) is 10.1 Å². The van der Waals surface area contributed by atoms with Gasteiger partial charge in [0.15, 0.2) is 6.61 Å². The molecule has 0 unspecified atom stereocenters. The summed E-state index contributed by atoms with van der Waals surface area (Å²) in [5.74, 6) is -0.982. The molecule has 0 aliphatic carbocycles. The Hall–Kier alpha value is -2.45. The molecule has 110 valence electrons. The van der Waals surface area contributed by atoms with E-state index in [2.05, 4.69) is 15.6 Å². The maximum absolute atomic E-state index is 12.0. The molecule has 2 amide bonds. The van der Waals surface area contributed by atoms with Crippen molar-refractivity contribution in [3.63, 3.8) is 0 Å². The third-order valence-electron chi connectivity index (χ3n) is 1.95. The number of urea groups is 1. The number of anilines is 1. The molecule has 7 nitrogen and oxygen atoms in total. The molecule has 1 rings (SSSR count). The predicted octanol–water partition coefficient (Wildman–Crippen LogP) is 1.32. The number of pyridine rings is 1. The van der Waals surface area contributed by atoms with Crippen LogP contribution in [0.4, 0.5) is 19.4 Å². The summed E-state index contributed by atoms with van der Waals surface area (Å²) in [5, 5.41) is 13.0. The van der Waals surface area contributed by atoms with Gasteiger partial charge in [0.1, 0.15) is 5.82 Å². The number of hydrogen-bond donors (Lipinski definition) is 3. The lowest BCUT2D eigenvalue weighted by molar-refractivity contribution is -0.136. The number of nitrogens with zero attached hydrogens (tertiary/aromatic N) is 1. The molecule has 0 aliphatic rings. The normalized spacial score (nSPS) is 10.2. The van der Waals surface area contributed by atoms with Crippen LogP contribution in [-0.2, 0) is 4.79 Å². The second-order valence-corrected chi connectivity index (χ2v) is 3.59. The molecule has 9 heteroatoms. The average Bonchev–Trinajstić information content (AvgIpc) is 2.36. The Bertz CT molecular complexity index is 471. The number of aliphatic carboxylic acids is 1. The molecule has 0 radical (unpaired) electrons. The molecular weight excluding hydrogens is 276 g/mol. The first-order chi connectivity index (χ1) is 9.47. The van der Waals surface area contributed by atoms with Gasteiger partial charge in [0.25, 0.3) is 6.43 Å². The summed E-state index contributed by atoms with van der Waals surface area (Å²) >= 11 is 0. The highest BCUT2D eigenvalue weighted by Crippen LogP contribution is 2.12. The van der Waals surface area contributed by atoms with Gasteiger partial charge in [-0.25, -0.2) is 13.6 Å². The van der Waals surface area contributed by atoms with Crippen molar-refractivity contribution in [1.29, 1.82) is 0 Å². The van der Waals surface area contributed by atoms with Crippen LogP contribution in [0.25, 0.3) is 0 Å². The molecule has 0 saturated carbocycles. The summed E-state index contributed by atoms with van der Waals surface area (Å²) in [6.45, 7) is -0.829. The topological polar surface area (TPSA) is 101 Å². The molecule has 0 atom stereocenters. The van der Waals surface area contributed by atoms with Crippen LogP contribution in [-0.4, -0.2) is 41.7 Å². The maximum atomic E-state index is 12.0. The lowest BCUT2D eigenvalue weighted by Gasteiger charge is -2.08. The van der Waals surface area contributed by atoms with Crippen molar-refractivity contribution < 1.29 is 28.2 Å². The molecule has 3 N–H and O–H groups in total. The average molecular weight is 289 g/mol. The monoisotopic (exact) mass is 289 g/mol. The second kappa shape index (κ2) is 7.87. The number of aromatic nitrogens is 1. The van der Waals surface area contributed by atoms with Crippen molar-refractivity contribution in [3.8, 4) is 5.88 Å². The Balaban J connectivity index is 2.44. The summed E-state index contributed by atoms with van der Waals surface area (Å²) in [6.07, 6.45) is -2.83. The molecule has 0 fully saturated rings. The predicted molar refractivity (Wildman–Crippen MR) is 65.0 cm³/mol. The number of carboxylic acid groups (broad SMARTS) is 1. The van der Waals surface area contributed by atoms with E-state index in [9.17, 15) is 18.4 Å². The highest BCUT2D eigenvalue weighted by molar-refractivity contribution is 5.88. The van der Waals surface area contributed by atoms with E-state index in [4.69, 9.17) is 9.84 Å². The number of carbonyl (C=O) groups is 2. The second-order valence-electron chi connectivity index (χ2n) is 3.59. The van der Waals surface area contributed by atoms with E-state index in [0.717, 1.165) is 0 Å². The molecule has 0 saturated heterocycles. The molecule has 20 heavy (non-hydrogen) atoms. The van der Waals surface area contributed by atoms with E-state index >= 15 is 0 Å². The largest absolute Gasteiger partial charge is 0.481 e. The summed E-state index contributed by atoms with van der Waals surface area (Å²) in [7, 11) is 0. The highest BCUT2D eigenvalue weighted by Gasteiger charge is 2.07.